The van der Waals surface area contributed by atoms with Gasteiger partial charge in [-0.2, -0.15) is 0 Å². The Morgan fingerprint density at radius 2 is 1.57 bits per heavy atom. The molecular formula is C19H21F3N2O4. The summed E-state index contributed by atoms with van der Waals surface area (Å²) in [6.07, 6.45) is -4.24. The molecule has 2 aromatic rings. The average Bonchev–Trinajstić information content (AvgIpc) is 2.66. The van der Waals surface area contributed by atoms with Gasteiger partial charge < -0.3 is 24.8 Å². The number of urea groups is 1. The SMILES string of the molecule is COc1ccc(CNC(=O)NCCc2ccc(OC(F)(F)F)cc2)cc1OC. The number of benzene rings is 2. The van der Waals surface area contributed by atoms with Crippen LogP contribution in [0.4, 0.5) is 18.0 Å². The van der Waals surface area contributed by atoms with Crippen LogP contribution in [0.1, 0.15) is 11.1 Å². The Labute approximate surface area is 160 Å². The summed E-state index contributed by atoms with van der Waals surface area (Å²) >= 11 is 0. The second-order valence-electron chi connectivity index (χ2n) is 5.74. The summed E-state index contributed by atoms with van der Waals surface area (Å²) in [6, 6.07) is 10.5. The lowest BCUT2D eigenvalue weighted by Crippen LogP contribution is -2.36. The summed E-state index contributed by atoms with van der Waals surface area (Å²) < 4.78 is 50.5. The molecule has 0 fully saturated rings. The van der Waals surface area contributed by atoms with E-state index in [1.54, 1.807) is 19.2 Å². The Kier molecular flexibility index (Phi) is 7.36. The molecule has 9 heteroatoms. The van der Waals surface area contributed by atoms with Crippen molar-refractivity contribution in [2.24, 2.45) is 0 Å². The second-order valence-corrected chi connectivity index (χ2v) is 5.74. The third-order valence-corrected chi connectivity index (χ3v) is 3.76. The highest BCUT2D eigenvalue weighted by atomic mass is 19.4. The standard InChI is InChI=1S/C19H21F3N2O4/c1-26-16-8-5-14(11-17(16)27-2)12-24-18(25)23-10-9-13-3-6-15(7-4-13)28-19(20,21)22/h3-8,11H,9-10,12H2,1-2H3,(H2,23,24,25). The molecule has 2 N–H and O–H groups in total. The first kappa shape index (κ1) is 21.2. The van der Waals surface area contributed by atoms with Crippen molar-refractivity contribution in [3.63, 3.8) is 0 Å². The molecule has 2 rings (SSSR count). The average molecular weight is 398 g/mol. The number of ether oxygens (including phenoxy) is 3. The topological polar surface area (TPSA) is 68.8 Å². The van der Waals surface area contributed by atoms with Crippen LogP contribution in [-0.2, 0) is 13.0 Å². The lowest BCUT2D eigenvalue weighted by atomic mass is 10.1. The van der Waals surface area contributed by atoms with E-state index in [0.29, 0.717) is 31.0 Å². The number of hydrogen-bond donors (Lipinski definition) is 2. The molecule has 28 heavy (non-hydrogen) atoms. The zero-order valence-corrected chi connectivity index (χ0v) is 15.4. The number of alkyl halides is 3. The maximum atomic E-state index is 12.1. The van der Waals surface area contributed by atoms with Gasteiger partial charge in [0.1, 0.15) is 5.75 Å². The van der Waals surface area contributed by atoms with Gasteiger partial charge in [0.05, 0.1) is 14.2 Å². The highest BCUT2D eigenvalue weighted by Crippen LogP contribution is 2.27. The van der Waals surface area contributed by atoms with Crippen molar-refractivity contribution in [3.05, 3.63) is 53.6 Å². The van der Waals surface area contributed by atoms with E-state index in [-0.39, 0.29) is 11.8 Å². The summed E-state index contributed by atoms with van der Waals surface area (Å²) in [5.74, 6) is 0.888. The van der Waals surface area contributed by atoms with Crippen LogP contribution < -0.4 is 24.8 Å². The van der Waals surface area contributed by atoms with Crippen LogP contribution in [0.5, 0.6) is 17.2 Å². The summed E-state index contributed by atoms with van der Waals surface area (Å²) in [6.45, 7) is 0.632. The molecule has 0 atom stereocenters. The van der Waals surface area contributed by atoms with Gasteiger partial charge >= 0.3 is 12.4 Å². The quantitative estimate of drug-likeness (QED) is 0.712. The molecule has 0 saturated heterocycles. The molecule has 0 spiro atoms. The number of amides is 2. The fourth-order valence-electron chi connectivity index (χ4n) is 2.41. The maximum Gasteiger partial charge on any atom is 0.573 e. The molecule has 2 amide bonds. The van der Waals surface area contributed by atoms with Crippen molar-refractivity contribution in [2.45, 2.75) is 19.3 Å². The molecule has 2 aromatic carbocycles. The Morgan fingerprint density at radius 1 is 0.929 bits per heavy atom. The number of hydrogen-bond acceptors (Lipinski definition) is 4. The lowest BCUT2D eigenvalue weighted by Gasteiger charge is -2.11. The molecule has 0 unspecified atom stereocenters. The number of methoxy groups -OCH3 is 2. The van der Waals surface area contributed by atoms with Crippen LogP contribution >= 0.6 is 0 Å². The van der Waals surface area contributed by atoms with Crippen LogP contribution in [0.2, 0.25) is 0 Å². The Morgan fingerprint density at radius 3 is 2.18 bits per heavy atom. The highest BCUT2D eigenvalue weighted by molar-refractivity contribution is 5.73. The molecule has 0 radical (unpaired) electrons. The normalized spacial score (nSPS) is 10.9. The van der Waals surface area contributed by atoms with Crippen molar-refractivity contribution < 1.29 is 32.2 Å². The number of halogens is 3. The van der Waals surface area contributed by atoms with Gasteiger partial charge in [-0.25, -0.2) is 4.79 Å². The minimum Gasteiger partial charge on any atom is -0.493 e. The van der Waals surface area contributed by atoms with Gasteiger partial charge in [-0.1, -0.05) is 18.2 Å². The maximum absolute atomic E-state index is 12.1. The molecule has 0 heterocycles. The number of rotatable bonds is 8. The summed E-state index contributed by atoms with van der Waals surface area (Å²) in [7, 11) is 3.07. The first-order chi connectivity index (χ1) is 13.3. The first-order valence-corrected chi connectivity index (χ1v) is 8.38. The number of carbonyl (C=O) groups is 1. The molecule has 0 aliphatic heterocycles. The van der Waals surface area contributed by atoms with Crippen LogP contribution in [0, 0.1) is 0 Å². The minimum atomic E-state index is -4.71. The van der Waals surface area contributed by atoms with Crippen molar-refractivity contribution in [1.82, 2.24) is 10.6 Å². The minimum absolute atomic E-state index is 0.281. The molecule has 6 nitrogen and oxygen atoms in total. The van der Waals surface area contributed by atoms with E-state index in [4.69, 9.17) is 9.47 Å². The fourth-order valence-corrected chi connectivity index (χ4v) is 2.41. The van der Waals surface area contributed by atoms with E-state index in [1.165, 1.54) is 31.4 Å². The third kappa shape index (κ3) is 6.90. The number of carbonyl (C=O) groups excluding carboxylic acids is 1. The van der Waals surface area contributed by atoms with E-state index in [1.807, 2.05) is 6.07 Å². The van der Waals surface area contributed by atoms with Crippen LogP contribution in [0.3, 0.4) is 0 Å². The molecular weight excluding hydrogens is 377 g/mol. The molecule has 0 aromatic heterocycles. The second kappa shape index (κ2) is 9.72. The van der Waals surface area contributed by atoms with Crippen molar-refractivity contribution in [3.8, 4) is 17.2 Å². The molecule has 0 aliphatic rings. The monoisotopic (exact) mass is 398 g/mol. The van der Waals surface area contributed by atoms with Crippen molar-refractivity contribution in [2.75, 3.05) is 20.8 Å². The fraction of sp³-hybridized carbons (Fsp3) is 0.316. The van der Waals surface area contributed by atoms with Crippen molar-refractivity contribution >= 4 is 6.03 Å². The zero-order valence-electron chi connectivity index (χ0n) is 15.4. The summed E-state index contributed by atoms with van der Waals surface area (Å²) in [5, 5.41) is 5.41. The van der Waals surface area contributed by atoms with Gasteiger partial charge in [0.2, 0.25) is 0 Å². The van der Waals surface area contributed by atoms with Gasteiger partial charge in [-0.3, -0.25) is 0 Å². The third-order valence-electron chi connectivity index (χ3n) is 3.76. The van der Waals surface area contributed by atoms with E-state index < -0.39 is 6.36 Å². The zero-order chi connectivity index (χ0) is 20.6. The van der Waals surface area contributed by atoms with Crippen LogP contribution in [0.15, 0.2) is 42.5 Å². The van der Waals surface area contributed by atoms with Gasteiger partial charge in [0.25, 0.3) is 0 Å². The predicted octanol–water partition coefficient (Wildman–Crippen LogP) is 3.64. The molecule has 0 bridgehead atoms. The first-order valence-electron chi connectivity index (χ1n) is 8.38. The molecule has 0 saturated carbocycles. The molecule has 0 aliphatic carbocycles. The lowest BCUT2D eigenvalue weighted by molar-refractivity contribution is -0.274. The highest BCUT2D eigenvalue weighted by Gasteiger charge is 2.30. The van der Waals surface area contributed by atoms with Crippen LogP contribution in [-0.4, -0.2) is 33.2 Å². The van der Waals surface area contributed by atoms with Crippen molar-refractivity contribution in [1.29, 1.82) is 0 Å². The van der Waals surface area contributed by atoms with E-state index in [9.17, 15) is 18.0 Å². The molecule has 152 valence electrons. The van der Waals surface area contributed by atoms with E-state index in [2.05, 4.69) is 15.4 Å². The summed E-state index contributed by atoms with van der Waals surface area (Å²) in [5.41, 5.74) is 1.61. The van der Waals surface area contributed by atoms with E-state index >= 15 is 0 Å². The Balaban J connectivity index is 1.74. The van der Waals surface area contributed by atoms with Gasteiger partial charge in [0, 0.05) is 13.1 Å². The van der Waals surface area contributed by atoms with Crippen LogP contribution in [0.25, 0.3) is 0 Å². The van der Waals surface area contributed by atoms with Gasteiger partial charge in [0.15, 0.2) is 11.5 Å². The van der Waals surface area contributed by atoms with Gasteiger partial charge in [-0.05, 0) is 41.8 Å². The van der Waals surface area contributed by atoms with Gasteiger partial charge in [-0.15, -0.1) is 13.2 Å². The largest absolute Gasteiger partial charge is 0.573 e. The Hall–Kier alpha value is -3.10. The predicted molar refractivity (Wildman–Crippen MR) is 96.6 cm³/mol. The van der Waals surface area contributed by atoms with E-state index in [0.717, 1.165) is 11.1 Å². The Bertz CT molecular complexity index is 780. The smallest absolute Gasteiger partial charge is 0.493 e. The number of nitrogens with one attached hydrogen (secondary N) is 2. The summed E-state index contributed by atoms with van der Waals surface area (Å²) in [4.78, 5) is 11.9.